The number of rotatable bonds is 6. The smallest absolute Gasteiger partial charge is 0.262 e. The summed E-state index contributed by atoms with van der Waals surface area (Å²) in [5.74, 6) is 1.23. The number of para-hydroxylation sites is 1. The van der Waals surface area contributed by atoms with Gasteiger partial charge in [0.15, 0.2) is 5.16 Å². The molecule has 4 atom stereocenters. The lowest BCUT2D eigenvalue weighted by Crippen LogP contribution is -2.36. The Morgan fingerprint density at radius 3 is 2.82 bits per heavy atom. The third-order valence-corrected chi connectivity index (χ3v) is 7.08. The van der Waals surface area contributed by atoms with Crippen LogP contribution in [0.5, 0.6) is 0 Å². The van der Waals surface area contributed by atoms with Gasteiger partial charge in [0.05, 0.1) is 16.7 Å². The monoisotopic (exact) mass is 401 g/mol. The molecule has 1 heterocycles. The lowest BCUT2D eigenvalue weighted by Gasteiger charge is -2.36. The largest absolute Gasteiger partial charge is 0.353 e. The summed E-state index contributed by atoms with van der Waals surface area (Å²) in [4.78, 5) is 30.5. The van der Waals surface area contributed by atoms with Gasteiger partial charge in [0.25, 0.3) is 5.56 Å². The number of hydrogen-bond donors (Lipinski definition) is 1. The Morgan fingerprint density at radius 1 is 1.32 bits per heavy atom. The Balaban J connectivity index is 1.97. The van der Waals surface area contributed by atoms with Gasteiger partial charge in [0, 0.05) is 12.1 Å². The molecule has 0 spiro atoms. The van der Waals surface area contributed by atoms with Crippen molar-refractivity contribution in [2.75, 3.05) is 5.75 Å². The maximum Gasteiger partial charge on any atom is 0.262 e. The molecule has 1 amide bonds. The van der Waals surface area contributed by atoms with E-state index in [0.717, 1.165) is 19.3 Å². The van der Waals surface area contributed by atoms with Gasteiger partial charge in [-0.05, 0) is 43.7 Å². The molecule has 1 fully saturated rings. The summed E-state index contributed by atoms with van der Waals surface area (Å²) in [7, 11) is 0. The molecule has 1 aromatic carbocycles. The average molecular weight is 402 g/mol. The fourth-order valence-corrected chi connectivity index (χ4v) is 4.85. The van der Waals surface area contributed by atoms with E-state index in [0.29, 0.717) is 27.9 Å². The van der Waals surface area contributed by atoms with E-state index in [1.165, 1.54) is 18.2 Å². The van der Waals surface area contributed by atoms with Crippen LogP contribution < -0.4 is 10.9 Å². The molecule has 0 saturated heterocycles. The predicted octanol–water partition coefficient (Wildman–Crippen LogP) is 4.40. The van der Waals surface area contributed by atoms with Crippen molar-refractivity contribution < 1.29 is 4.79 Å². The molecular formula is C22H31N3O2S. The highest BCUT2D eigenvalue weighted by Gasteiger charge is 2.31. The van der Waals surface area contributed by atoms with Gasteiger partial charge in [-0.2, -0.15) is 0 Å². The average Bonchev–Trinajstić information content (AvgIpc) is 2.69. The van der Waals surface area contributed by atoms with Gasteiger partial charge in [0.1, 0.15) is 0 Å². The lowest BCUT2D eigenvalue weighted by atomic mass is 9.78. The number of benzene rings is 1. The van der Waals surface area contributed by atoms with Gasteiger partial charge >= 0.3 is 0 Å². The standard InChI is InChI=1S/C22H31N3O2S/c1-5-15(3)23-20(26)13-28-22-24-18-11-7-6-10-17(18)21(27)25(22)19-12-8-9-14(2)16(19)4/h6-7,10-11,14-16,19H,5,8-9,12-13H2,1-4H3,(H,23,26)/t14-,15-,16-,19+/m0/s1. The third kappa shape index (κ3) is 4.43. The summed E-state index contributed by atoms with van der Waals surface area (Å²) in [6.07, 6.45) is 4.20. The Morgan fingerprint density at radius 2 is 2.07 bits per heavy atom. The highest BCUT2D eigenvalue weighted by Crippen LogP contribution is 2.38. The van der Waals surface area contributed by atoms with Crippen molar-refractivity contribution in [2.45, 2.75) is 70.6 Å². The molecule has 1 aromatic heterocycles. The van der Waals surface area contributed by atoms with Crippen molar-refractivity contribution in [3.05, 3.63) is 34.6 Å². The van der Waals surface area contributed by atoms with Gasteiger partial charge in [-0.15, -0.1) is 0 Å². The number of hydrogen-bond acceptors (Lipinski definition) is 4. The van der Waals surface area contributed by atoms with E-state index in [1.807, 2.05) is 42.7 Å². The Labute approximate surface area is 171 Å². The van der Waals surface area contributed by atoms with E-state index in [9.17, 15) is 9.59 Å². The zero-order valence-electron chi connectivity index (χ0n) is 17.3. The van der Waals surface area contributed by atoms with Gasteiger partial charge < -0.3 is 5.32 Å². The minimum atomic E-state index is -0.0154. The van der Waals surface area contributed by atoms with Gasteiger partial charge in [-0.25, -0.2) is 4.98 Å². The zero-order chi connectivity index (χ0) is 20.3. The lowest BCUT2D eigenvalue weighted by molar-refractivity contribution is -0.119. The van der Waals surface area contributed by atoms with Crippen molar-refractivity contribution in [3.8, 4) is 0 Å². The Bertz CT molecular complexity index is 895. The van der Waals surface area contributed by atoms with Crippen molar-refractivity contribution in [1.29, 1.82) is 0 Å². The number of aromatic nitrogens is 2. The molecular weight excluding hydrogens is 370 g/mol. The van der Waals surface area contributed by atoms with Crippen LogP contribution >= 0.6 is 11.8 Å². The fraction of sp³-hybridized carbons (Fsp3) is 0.591. The van der Waals surface area contributed by atoms with E-state index >= 15 is 0 Å². The summed E-state index contributed by atoms with van der Waals surface area (Å²) in [6, 6.07) is 7.79. The normalized spacial score (nSPS) is 23.5. The summed E-state index contributed by atoms with van der Waals surface area (Å²) < 4.78 is 1.88. The van der Waals surface area contributed by atoms with E-state index in [-0.39, 0.29) is 29.3 Å². The molecule has 0 unspecified atom stereocenters. The maximum atomic E-state index is 13.4. The minimum Gasteiger partial charge on any atom is -0.353 e. The van der Waals surface area contributed by atoms with Crippen LogP contribution in [0.25, 0.3) is 10.9 Å². The molecule has 28 heavy (non-hydrogen) atoms. The highest BCUT2D eigenvalue weighted by atomic mass is 32.2. The van der Waals surface area contributed by atoms with Crippen LogP contribution in [0.4, 0.5) is 0 Å². The van der Waals surface area contributed by atoms with Crippen LogP contribution in [0, 0.1) is 11.8 Å². The number of amides is 1. The van der Waals surface area contributed by atoms with Crippen LogP contribution in [-0.2, 0) is 4.79 Å². The molecule has 1 saturated carbocycles. The number of carbonyl (C=O) groups excluding carboxylic acids is 1. The van der Waals surface area contributed by atoms with Crippen molar-refractivity contribution in [3.63, 3.8) is 0 Å². The SMILES string of the molecule is CC[C@H](C)NC(=O)CSc1nc2ccccc2c(=O)n1[C@@H]1CCC[C@H](C)[C@@H]1C. The first kappa shape index (κ1) is 20.9. The van der Waals surface area contributed by atoms with Crippen LogP contribution in [0.1, 0.15) is 59.4 Å². The predicted molar refractivity (Wildman–Crippen MR) is 116 cm³/mol. The minimum absolute atomic E-state index is 0.0152. The molecule has 0 bridgehead atoms. The molecule has 0 aliphatic heterocycles. The van der Waals surface area contributed by atoms with Crippen LogP contribution in [0.2, 0.25) is 0 Å². The quantitative estimate of drug-likeness (QED) is 0.576. The molecule has 3 rings (SSSR count). The maximum absolute atomic E-state index is 13.4. The van der Waals surface area contributed by atoms with Crippen LogP contribution in [0.15, 0.2) is 34.2 Å². The number of nitrogens with one attached hydrogen (secondary N) is 1. The summed E-state index contributed by atoms with van der Waals surface area (Å²) in [5, 5.41) is 4.31. The number of carbonyl (C=O) groups is 1. The van der Waals surface area contributed by atoms with E-state index < -0.39 is 0 Å². The Kier molecular flexibility index (Phi) is 6.81. The second-order valence-electron chi connectivity index (χ2n) is 8.09. The molecule has 1 aliphatic carbocycles. The second kappa shape index (κ2) is 9.12. The molecule has 2 aromatic rings. The molecule has 1 aliphatic rings. The van der Waals surface area contributed by atoms with Crippen molar-refractivity contribution in [1.82, 2.24) is 14.9 Å². The molecule has 152 valence electrons. The van der Waals surface area contributed by atoms with Crippen LogP contribution in [-0.4, -0.2) is 27.3 Å². The molecule has 0 radical (unpaired) electrons. The highest BCUT2D eigenvalue weighted by molar-refractivity contribution is 7.99. The molecule has 6 heteroatoms. The second-order valence-corrected chi connectivity index (χ2v) is 9.03. The van der Waals surface area contributed by atoms with E-state index in [1.54, 1.807) is 0 Å². The first-order valence-electron chi connectivity index (χ1n) is 10.4. The van der Waals surface area contributed by atoms with Gasteiger partial charge in [-0.3, -0.25) is 14.2 Å². The summed E-state index contributed by atoms with van der Waals surface area (Å²) in [6.45, 7) is 8.55. The first-order valence-corrected chi connectivity index (χ1v) is 11.3. The topological polar surface area (TPSA) is 64.0 Å². The van der Waals surface area contributed by atoms with Crippen LogP contribution in [0.3, 0.4) is 0 Å². The van der Waals surface area contributed by atoms with Crippen molar-refractivity contribution >= 4 is 28.6 Å². The summed E-state index contributed by atoms with van der Waals surface area (Å²) in [5.41, 5.74) is 0.714. The number of thioether (sulfide) groups is 1. The van der Waals surface area contributed by atoms with Crippen molar-refractivity contribution in [2.24, 2.45) is 11.8 Å². The number of fused-ring (bicyclic) bond motifs is 1. The molecule has 1 N–H and O–H groups in total. The third-order valence-electron chi connectivity index (χ3n) is 6.12. The number of nitrogens with zero attached hydrogens (tertiary/aromatic N) is 2. The molecule has 5 nitrogen and oxygen atoms in total. The summed E-state index contributed by atoms with van der Waals surface area (Å²) >= 11 is 1.37. The van der Waals surface area contributed by atoms with E-state index in [4.69, 9.17) is 4.98 Å². The van der Waals surface area contributed by atoms with Gasteiger partial charge in [0.2, 0.25) is 5.91 Å². The first-order chi connectivity index (χ1) is 13.4. The fourth-order valence-electron chi connectivity index (χ4n) is 3.99. The Hall–Kier alpha value is -1.82. The van der Waals surface area contributed by atoms with E-state index in [2.05, 4.69) is 19.2 Å². The van der Waals surface area contributed by atoms with Gasteiger partial charge in [-0.1, -0.05) is 57.5 Å². The zero-order valence-corrected chi connectivity index (χ0v) is 18.1.